The molecule has 3 N–H and O–H groups in total. The third-order valence-corrected chi connectivity index (χ3v) is 1.90. The van der Waals surface area contributed by atoms with Crippen LogP contribution in [0.3, 0.4) is 0 Å². The third kappa shape index (κ3) is 1.20. The molecule has 1 aromatic carbocycles. The molecule has 0 saturated carbocycles. The maximum absolute atomic E-state index is 8.48. The lowest BCUT2D eigenvalue weighted by molar-refractivity contribution is 0.161. The highest BCUT2D eigenvalue weighted by molar-refractivity contribution is 5.79. The van der Waals surface area contributed by atoms with Crippen molar-refractivity contribution in [1.82, 2.24) is 10.5 Å². The molecule has 12 heavy (non-hydrogen) atoms. The van der Waals surface area contributed by atoms with E-state index in [2.05, 4.69) is 10.5 Å². The molecule has 0 unspecified atom stereocenters. The molecule has 0 spiro atoms. The molecule has 3 heteroatoms. The first kappa shape index (κ1) is 7.34. The molecule has 0 radical (unpaired) electrons. The first-order chi connectivity index (χ1) is 5.90. The minimum Gasteiger partial charge on any atom is -0.361 e. The van der Waals surface area contributed by atoms with Crippen LogP contribution in [0.4, 0.5) is 0 Å². The fourth-order valence-electron chi connectivity index (χ4n) is 1.30. The van der Waals surface area contributed by atoms with Gasteiger partial charge in [0.05, 0.1) is 0 Å². The molecule has 2 aromatic rings. The monoisotopic (exact) mass is 162 g/mol. The fraction of sp³-hybridized carbons (Fsp3) is 0.111. The van der Waals surface area contributed by atoms with Crippen molar-refractivity contribution in [3.63, 3.8) is 0 Å². The van der Waals surface area contributed by atoms with Gasteiger partial charge in [0.15, 0.2) is 0 Å². The lowest BCUT2D eigenvalue weighted by Gasteiger charge is -1.98. The van der Waals surface area contributed by atoms with Crippen LogP contribution < -0.4 is 5.48 Å². The molecule has 0 aliphatic rings. The summed E-state index contributed by atoms with van der Waals surface area (Å²) in [5, 5.41) is 9.65. The van der Waals surface area contributed by atoms with E-state index in [0.717, 1.165) is 11.1 Å². The van der Waals surface area contributed by atoms with Crippen molar-refractivity contribution in [3.8, 4) is 0 Å². The van der Waals surface area contributed by atoms with Gasteiger partial charge in [0.25, 0.3) is 0 Å². The molecule has 0 saturated heterocycles. The highest BCUT2D eigenvalue weighted by atomic mass is 16.5. The summed E-state index contributed by atoms with van der Waals surface area (Å²) in [6.45, 7) is 0.487. The van der Waals surface area contributed by atoms with Gasteiger partial charge in [-0.3, -0.25) is 0 Å². The van der Waals surface area contributed by atoms with Crippen molar-refractivity contribution >= 4 is 10.9 Å². The van der Waals surface area contributed by atoms with Gasteiger partial charge in [-0.1, -0.05) is 6.07 Å². The van der Waals surface area contributed by atoms with Crippen LogP contribution in [0, 0.1) is 0 Å². The van der Waals surface area contributed by atoms with Crippen molar-refractivity contribution in [2.24, 2.45) is 0 Å². The summed E-state index contributed by atoms with van der Waals surface area (Å²) < 4.78 is 0. The Morgan fingerprint density at radius 1 is 1.33 bits per heavy atom. The molecule has 62 valence electrons. The highest BCUT2D eigenvalue weighted by Gasteiger charge is 1.95. The van der Waals surface area contributed by atoms with E-state index in [1.807, 2.05) is 30.5 Å². The fourth-order valence-corrected chi connectivity index (χ4v) is 1.30. The topological polar surface area (TPSA) is 48.0 Å². The van der Waals surface area contributed by atoms with Crippen LogP contribution in [-0.4, -0.2) is 10.2 Å². The Labute approximate surface area is 70.0 Å². The van der Waals surface area contributed by atoms with Crippen LogP contribution in [0.25, 0.3) is 10.9 Å². The molecule has 0 bridgehead atoms. The summed E-state index contributed by atoms with van der Waals surface area (Å²) >= 11 is 0. The largest absolute Gasteiger partial charge is 0.361 e. The average molecular weight is 162 g/mol. The molecule has 0 aliphatic carbocycles. The number of hydrogen-bond acceptors (Lipinski definition) is 2. The molecule has 1 aromatic heterocycles. The van der Waals surface area contributed by atoms with Crippen molar-refractivity contribution in [3.05, 3.63) is 36.0 Å². The summed E-state index contributed by atoms with van der Waals surface area (Å²) in [5.41, 5.74) is 4.33. The number of nitrogens with one attached hydrogen (secondary N) is 2. The van der Waals surface area contributed by atoms with Gasteiger partial charge in [-0.2, -0.15) is 0 Å². The zero-order valence-corrected chi connectivity index (χ0v) is 6.54. The molecule has 0 atom stereocenters. The van der Waals surface area contributed by atoms with E-state index >= 15 is 0 Å². The average Bonchev–Trinajstić information content (AvgIpc) is 2.51. The van der Waals surface area contributed by atoms with Crippen molar-refractivity contribution in [2.45, 2.75) is 6.54 Å². The van der Waals surface area contributed by atoms with Crippen LogP contribution in [0.15, 0.2) is 30.5 Å². The summed E-state index contributed by atoms with van der Waals surface area (Å²) in [7, 11) is 0. The van der Waals surface area contributed by atoms with Gasteiger partial charge in [0, 0.05) is 18.3 Å². The van der Waals surface area contributed by atoms with Gasteiger partial charge in [0.1, 0.15) is 0 Å². The number of H-pyrrole nitrogens is 1. The van der Waals surface area contributed by atoms with E-state index < -0.39 is 0 Å². The number of hydrogen-bond donors (Lipinski definition) is 3. The first-order valence-electron chi connectivity index (χ1n) is 3.83. The number of aromatic amines is 1. The number of rotatable bonds is 2. The Kier molecular flexibility index (Phi) is 1.81. The zero-order chi connectivity index (χ0) is 8.39. The summed E-state index contributed by atoms with van der Waals surface area (Å²) in [4.78, 5) is 3.11. The lowest BCUT2D eigenvalue weighted by atomic mass is 10.1. The summed E-state index contributed by atoms with van der Waals surface area (Å²) in [6.07, 6.45) is 1.90. The smallest absolute Gasteiger partial charge is 0.0458 e. The summed E-state index contributed by atoms with van der Waals surface area (Å²) in [6, 6.07) is 8.02. The molecule has 0 aliphatic heterocycles. The molecular formula is C9H10N2O. The minimum atomic E-state index is 0.487. The predicted molar refractivity (Wildman–Crippen MR) is 46.9 cm³/mol. The molecule has 3 nitrogen and oxygen atoms in total. The number of aromatic nitrogens is 1. The van der Waals surface area contributed by atoms with Gasteiger partial charge in [-0.05, 0) is 29.1 Å². The van der Waals surface area contributed by atoms with E-state index in [4.69, 9.17) is 5.21 Å². The van der Waals surface area contributed by atoms with Crippen LogP contribution in [-0.2, 0) is 6.54 Å². The zero-order valence-electron chi connectivity index (χ0n) is 6.54. The Morgan fingerprint density at radius 3 is 3.08 bits per heavy atom. The van der Waals surface area contributed by atoms with Crippen molar-refractivity contribution in [2.75, 3.05) is 0 Å². The number of benzene rings is 1. The van der Waals surface area contributed by atoms with Crippen LogP contribution in [0.2, 0.25) is 0 Å². The Bertz CT molecular complexity index is 381. The predicted octanol–water partition coefficient (Wildman–Crippen LogP) is 1.65. The molecule has 1 heterocycles. The highest BCUT2D eigenvalue weighted by Crippen LogP contribution is 2.13. The van der Waals surface area contributed by atoms with Gasteiger partial charge in [0.2, 0.25) is 0 Å². The maximum Gasteiger partial charge on any atom is 0.0458 e. The van der Waals surface area contributed by atoms with Crippen molar-refractivity contribution < 1.29 is 5.21 Å². The van der Waals surface area contributed by atoms with Crippen LogP contribution >= 0.6 is 0 Å². The molecule has 0 amide bonds. The van der Waals surface area contributed by atoms with Crippen LogP contribution in [0.1, 0.15) is 5.56 Å². The second kappa shape index (κ2) is 2.97. The Morgan fingerprint density at radius 2 is 2.25 bits per heavy atom. The quantitative estimate of drug-likeness (QED) is 0.588. The van der Waals surface area contributed by atoms with E-state index in [0.29, 0.717) is 6.54 Å². The van der Waals surface area contributed by atoms with E-state index in [9.17, 15) is 0 Å². The van der Waals surface area contributed by atoms with Gasteiger partial charge in [-0.15, -0.1) is 0 Å². The molecule has 2 rings (SSSR count). The van der Waals surface area contributed by atoms with Gasteiger partial charge < -0.3 is 10.2 Å². The van der Waals surface area contributed by atoms with Gasteiger partial charge in [-0.25, -0.2) is 5.48 Å². The number of hydroxylamine groups is 1. The normalized spacial score (nSPS) is 10.8. The SMILES string of the molecule is ONCc1ccc2[nH]ccc2c1. The van der Waals surface area contributed by atoms with E-state index in [1.165, 1.54) is 5.39 Å². The van der Waals surface area contributed by atoms with Crippen molar-refractivity contribution in [1.29, 1.82) is 0 Å². The molecular weight excluding hydrogens is 152 g/mol. The van der Waals surface area contributed by atoms with Gasteiger partial charge >= 0.3 is 0 Å². The standard InChI is InChI=1S/C9H10N2O/c12-11-6-7-1-2-9-8(5-7)3-4-10-9/h1-5,10-12H,6H2. The second-order valence-electron chi connectivity index (χ2n) is 2.73. The third-order valence-electron chi connectivity index (χ3n) is 1.90. The van der Waals surface area contributed by atoms with E-state index in [1.54, 1.807) is 0 Å². The Hall–Kier alpha value is -1.32. The maximum atomic E-state index is 8.48. The Balaban J connectivity index is 2.46. The van der Waals surface area contributed by atoms with E-state index in [-0.39, 0.29) is 0 Å². The number of fused-ring (bicyclic) bond motifs is 1. The lowest BCUT2D eigenvalue weighted by Crippen LogP contribution is -2.05. The minimum absolute atomic E-state index is 0.487. The van der Waals surface area contributed by atoms with Crippen LogP contribution in [0.5, 0.6) is 0 Å². The molecule has 0 fully saturated rings. The second-order valence-corrected chi connectivity index (χ2v) is 2.73. The first-order valence-corrected chi connectivity index (χ1v) is 3.83. The summed E-state index contributed by atoms with van der Waals surface area (Å²) in [5.74, 6) is 0.